The molecule has 0 atom stereocenters. The topological polar surface area (TPSA) is 58.2 Å². The molecule has 2 N–H and O–H groups in total. The molecule has 2 amide bonds. The molecule has 0 aliphatic rings. The first-order chi connectivity index (χ1) is 12.0. The summed E-state index contributed by atoms with van der Waals surface area (Å²) >= 11 is 0.449. The highest BCUT2D eigenvalue weighted by atomic mass is 32.2. The summed E-state index contributed by atoms with van der Waals surface area (Å²) in [4.78, 5) is 24.3. The van der Waals surface area contributed by atoms with Gasteiger partial charge in [-0.3, -0.25) is 9.59 Å². The molecule has 7 heteroatoms. The molecule has 0 heterocycles. The third kappa shape index (κ3) is 6.19. The number of aryl methyl sites for hydroxylation is 1. The van der Waals surface area contributed by atoms with E-state index in [0.29, 0.717) is 27.9 Å². The van der Waals surface area contributed by atoms with E-state index in [2.05, 4.69) is 10.6 Å². The van der Waals surface area contributed by atoms with Gasteiger partial charge in [0.1, 0.15) is 0 Å². The maximum Gasteiger partial charge on any atom is 0.288 e. The van der Waals surface area contributed by atoms with Crippen LogP contribution in [0.5, 0.6) is 0 Å². The van der Waals surface area contributed by atoms with Gasteiger partial charge in [-0.1, -0.05) is 30.0 Å². The van der Waals surface area contributed by atoms with Gasteiger partial charge in [-0.15, -0.1) is 0 Å². The SMILES string of the molecule is Cc1ccccc1C(=O)NCCC(=O)Nc1ccc(SC(F)F)cc1. The second kappa shape index (κ2) is 9.17. The molecule has 0 saturated carbocycles. The first kappa shape index (κ1) is 18.9. The maximum atomic E-state index is 12.2. The van der Waals surface area contributed by atoms with Crippen LogP contribution >= 0.6 is 11.8 Å². The minimum absolute atomic E-state index is 0.116. The summed E-state index contributed by atoms with van der Waals surface area (Å²) in [6, 6.07) is 13.4. The van der Waals surface area contributed by atoms with Crippen molar-refractivity contribution >= 4 is 29.3 Å². The Balaban J connectivity index is 1.77. The van der Waals surface area contributed by atoms with Gasteiger partial charge in [0.25, 0.3) is 11.7 Å². The number of carbonyl (C=O) groups excluding carboxylic acids is 2. The van der Waals surface area contributed by atoms with E-state index >= 15 is 0 Å². The molecule has 2 aromatic carbocycles. The van der Waals surface area contributed by atoms with Crippen molar-refractivity contribution in [3.8, 4) is 0 Å². The standard InChI is InChI=1S/C18H18F2N2O2S/c1-12-4-2-3-5-15(12)17(24)21-11-10-16(23)22-13-6-8-14(9-7-13)25-18(19)20/h2-9,18H,10-11H2,1H3,(H,21,24)(H,22,23). The lowest BCUT2D eigenvalue weighted by Gasteiger charge is -2.09. The van der Waals surface area contributed by atoms with Crippen LogP contribution in [0.25, 0.3) is 0 Å². The highest BCUT2D eigenvalue weighted by Gasteiger charge is 2.09. The zero-order valence-corrected chi connectivity index (χ0v) is 14.4. The van der Waals surface area contributed by atoms with Gasteiger partial charge in [-0.2, -0.15) is 8.78 Å². The molecular formula is C18H18F2N2O2S. The summed E-state index contributed by atoms with van der Waals surface area (Å²) < 4.78 is 24.5. The molecule has 0 aromatic heterocycles. The summed E-state index contributed by atoms with van der Waals surface area (Å²) in [7, 11) is 0. The third-order valence-corrected chi connectivity index (χ3v) is 4.11. The number of anilines is 1. The number of thioether (sulfide) groups is 1. The number of alkyl halides is 2. The molecule has 132 valence electrons. The van der Waals surface area contributed by atoms with E-state index in [-0.39, 0.29) is 24.8 Å². The van der Waals surface area contributed by atoms with Crippen LogP contribution in [0.2, 0.25) is 0 Å². The van der Waals surface area contributed by atoms with E-state index in [0.717, 1.165) is 5.56 Å². The van der Waals surface area contributed by atoms with Gasteiger partial charge in [-0.05, 0) is 42.8 Å². The summed E-state index contributed by atoms with van der Waals surface area (Å²) in [5, 5.41) is 5.36. The summed E-state index contributed by atoms with van der Waals surface area (Å²) in [6.45, 7) is 2.05. The van der Waals surface area contributed by atoms with Gasteiger partial charge < -0.3 is 10.6 Å². The number of hydrogen-bond acceptors (Lipinski definition) is 3. The number of nitrogens with one attached hydrogen (secondary N) is 2. The fraction of sp³-hybridized carbons (Fsp3) is 0.222. The summed E-state index contributed by atoms with van der Waals surface area (Å²) in [5.74, 6) is -2.96. The maximum absolute atomic E-state index is 12.2. The summed E-state index contributed by atoms with van der Waals surface area (Å²) in [6.07, 6.45) is 0.116. The molecule has 0 bridgehead atoms. The lowest BCUT2D eigenvalue weighted by atomic mass is 10.1. The number of amides is 2. The average Bonchev–Trinajstić information content (AvgIpc) is 2.56. The average molecular weight is 364 g/mol. The largest absolute Gasteiger partial charge is 0.352 e. The highest BCUT2D eigenvalue weighted by Crippen LogP contribution is 2.26. The lowest BCUT2D eigenvalue weighted by Crippen LogP contribution is -2.28. The Morgan fingerprint density at radius 1 is 1.08 bits per heavy atom. The fourth-order valence-corrected chi connectivity index (χ4v) is 2.65. The molecule has 2 aromatic rings. The molecule has 0 spiro atoms. The summed E-state index contributed by atoms with van der Waals surface area (Å²) in [5.41, 5.74) is 1.97. The van der Waals surface area contributed by atoms with Crippen LogP contribution in [-0.4, -0.2) is 24.1 Å². The van der Waals surface area contributed by atoms with Crippen LogP contribution in [0.3, 0.4) is 0 Å². The van der Waals surface area contributed by atoms with Crippen molar-refractivity contribution in [1.82, 2.24) is 5.32 Å². The van der Waals surface area contributed by atoms with E-state index in [4.69, 9.17) is 0 Å². The van der Waals surface area contributed by atoms with Crippen molar-refractivity contribution in [1.29, 1.82) is 0 Å². The Kier molecular flexibility index (Phi) is 6.94. The van der Waals surface area contributed by atoms with Gasteiger partial charge >= 0.3 is 0 Å². The molecule has 0 aliphatic carbocycles. The van der Waals surface area contributed by atoms with Crippen molar-refractivity contribution in [3.05, 3.63) is 59.7 Å². The number of halogens is 2. The quantitative estimate of drug-likeness (QED) is 0.728. The monoisotopic (exact) mass is 364 g/mol. The molecule has 2 rings (SSSR count). The van der Waals surface area contributed by atoms with Gasteiger partial charge in [0, 0.05) is 29.1 Å². The Hall–Kier alpha value is -2.41. The molecular weight excluding hydrogens is 346 g/mol. The van der Waals surface area contributed by atoms with E-state index in [1.54, 1.807) is 24.3 Å². The zero-order valence-electron chi connectivity index (χ0n) is 13.6. The Morgan fingerprint density at radius 3 is 2.40 bits per heavy atom. The van der Waals surface area contributed by atoms with Crippen molar-refractivity contribution < 1.29 is 18.4 Å². The number of rotatable bonds is 7. The Bertz CT molecular complexity index is 736. The highest BCUT2D eigenvalue weighted by molar-refractivity contribution is 7.99. The van der Waals surface area contributed by atoms with Gasteiger partial charge in [0.2, 0.25) is 5.91 Å². The van der Waals surface area contributed by atoms with Crippen LogP contribution in [0.15, 0.2) is 53.4 Å². The van der Waals surface area contributed by atoms with Crippen LogP contribution in [-0.2, 0) is 4.79 Å². The van der Waals surface area contributed by atoms with Crippen LogP contribution in [0.1, 0.15) is 22.3 Å². The minimum atomic E-state index is -2.47. The van der Waals surface area contributed by atoms with Crippen LogP contribution in [0, 0.1) is 6.92 Å². The molecule has 25 heavy (non-hydrogen) atoms. The van der Waals surface area contributed by atoms with Crippen molar-refractivity contribution in [3.63, 3.8) is 0 Å². The second-order valence-corrected chi connectivity index (χ2v) is 6.34. The van der Waals surface area contributed by atoms with E-state index in [9.17, 15) is 18.4 Å². The Morgan fingerprint density at radius 2 is 1.76 bits per heavy atom. The molecule has 0 fully saturated rings. The fourth-order valence-electron chi connectivity index (χ4n) is 2.16. The van der Waals surface area contributed by atoms with Gasteiger partial charge in [0.05, 0.1) is 0 Å². The molecule has 0 unspecified atom stereocenters. The van der Waals surface area contributed by atoms with E-state index < -0.39 is 5.76 Å². The molecule has 0 radical (unpaired) electrons. The third-order valence-electron chi connectivity index (χ3n) is 3.39. The second-order valence-electron chi connectivity index (χ2n) is 5.27. The van der Waals surface area contributed by atoms with Crippen LogP contribution < -0.4 is 10.6 Å². The first-order valence-electron chi connectivity index (χ1n) is 7.64. The minimum Gasteiger partial charge on any atom is -0.352 e. The molecule has 0 aliphatic heterocycles. The van der Waals surface area contributed by atoms with E-state index in [1.165, 1.54) is 12.1 Å². The lowest BCUT2D eigenvalue weighted by molar-refractivity contribution is -0.116. The van der Waals surface area contributed by atoms with Crippen molar-refractivity contribution in [2.75, 3.05) is 11.9 Å². The van der Waals surface area contributed by atoms with Crippen molar-refractivity contribution in [2.24, 2.45) is 0 Å². The smallest absolute Gasteiger partial charge is 0.288 e. The number of hydrogen-bond donors (Lipinski definition) is 2. The van der Waals surface area contributed by atoms with E-state index in [1.807, 2.05) is 19.1 Å². The normalized spacial score (nSPS) is 10.6. The van der Waals surface area contributed by atoms with Crippen LogP contribution in [0.4, 0.5) is 14.5 Å². The predicted molar refractivity (Wildman–Crippen MR) is 95.1 cm³/mol. The first-order valence-corrected chi connectivity index (χ1v) is 8.52. The molecule has 0 saturated heterocycles. The van der Waals surface area contributed by atoms with Gasteiger partial charge in [0.15, 0.2) is 0 Å². The van der Waals surface area contributed by atoms with Crippen molar-refractivity contribution in [2.45, 2.75) is 24.0 Å². The predicted octanol–water partition coefficient (Wildman–Crippen LogP) is 4.07. The van der Waals surface area contributed by atoms with Gasteiger partial charge in [-0.25, -0.2) is 0 Å². The number of carbonyl (C=O) groups is 2. The Labute approximate surface area is 149 Å². The molecule has 4 nitrogen and oxygen atoms in total. The number of benzene rings is 2. The zero-order chi connectivity index (χ0) is 18.2.